The molecule has 1 aliphatic rings. The number of aromatic nitrogens is 2. The van der Waals surface area contributed by atoms with E-state index in [0.29, 0.717) is 32.8 Å². The van der Waals surface area contributed by atoms with Crippen molar-refractivity contribution in [3.63, 3.8) is 0 Å². The third kappa shape index (κ3) is 4.06. The predicted molar refractivity (Wildman–Crippen MR) is 128 cm³/mol. The summed E-state index contributed by atoms with van der Waals surface area (Å²) in [5, 5.41) is 4.53. The molecule has 0 unspecified atom stereocenters. The normalized spacial score (nSPS) is 12.8. The fraction of sp³-hybridized carbons (Fsp3) is 0.292. The molecule has 2 aromatic carbocycles. The first-order chi connectivity index (χ1) is 16.1. The Morgan fingerprint density at radius 3 is 2.56 bits per heavy atom. The van der Waals surface area contributed by atoms with Crippen LogP contribution in [-0.4, -0.2) is 53.5 Å². The van der Waals surface area contributed by atoms with Crippen LogP contribution < -0.4 is 9.47 Å². The summed E-state index contributed by atoms with van der Waals surface area (Å²) in [5.74, 6) is -0.838. The molecule has 0 fully saturated rings. The van der Waals surface area contributed by atoms with Crippen molar-refractivity contribution >= 4 is 28.1 Å². The van der Waals surface area contributed by atoms with E-state index in [2.05, 4.69) is 26.0 Å². The average molecular weight is 533 g/mol. The van der Waals surface area contributed by atoms with Gasteiger partial charge in [-0.2, -0.15) is 5.10 Å². The van der Waals surface area contributed by atoms with Crippen LogP contribution in [0.25, 0.3) is 16.9 Å². The van der Waals surface area contributed by atoms with E-state index in [-0.39, 0.29) is 23.9 Å². The number of halogens is 3. The molecule has 7 nitrogen and oxygen atoms in total. The summed E-state index contributed by atoms with van der Waals surface area (Å²) in [6, 6.07) is 6.59. The molecule has 0 bridgehead atoms. The van der Waals surface area contributed by atoms with Crippen LogP contribution in [0.3, 0.4) is 0 Å². The maximum absolute atomic E-state index is 14.1. The van der Waals surface area contributed by atoms with Crippen molar-refractivity contribution in [2.45, 2.75) is 26.0 Å². The Morgan fingerprint density at radius 2 is 1.94 bits per heavy atom. The second kappa shape index (κ2) is 8.83. The third-order valence-corrected chi connectivity index (χ3v) is 6.39. The number of methoxy groups -OCH3 is 1. The molecule has 1 aromatic heterocycles. The number of hydrogen-bond donors (Lipinski definition) is 0. The standard InChI is InChI=1S/C24H23BrF2N4O3/c1-24(2,12-28-3)30(4)23(32)21-17-11-34-19-10-20(33-5)18(25)9-16(19)22(17)31(29-21)15-7-13(26)6-14(27)8-15/h6-10,12H,11H2,1-5H3. The van der Waals surface area contributed by atoms with Crippen LogP contribution in [-0.2, 0) is 6.61 Å². The zero-order valence-corrected chi connectivity index (χ0v) is 20.9. The molecule has 4 rings (SSSR count). The number of fused-ring (bicyclic) bond motifs is 3. The van der Waals surface area contributed by atoms with Gasteiger partial charge in [0.2, 0.25) is 0 Å². The lowest BCUT2D eigenvalue weighted by atomic mass is 10.00. The van der Waals surface area contributed by atoms with Gasteiger partial charge in [-0.3, -0.25) is 9.79 Å². The molecule has 0 radical (unpaired) electrons. The fourth-order valence-corrected chi connectivity index (χ4v) is 4.36. The predicted octanol–water partition coefficient (Wildman–Crippen LogP) is 5.03. The molecule has 10 heteroatoms. The van der Waals surface area contributed by atoms with Gasteiger partial charge in [-0.15, -0.1) is 0 Å². The summed E-state index contributed by atoms with van der Waals surface area (Å²) in [6.45, 7) is 3.74. The Kier molecular flexibility index (Phi) is 6.20. The molecule has 1 amide bonds. The molecule has 178 valence electrons. The van der Waals surface area contributed by atoms with E-state index in [1.165, 1.54) is 16.7 Å². The van der Waals surface area contributed by atoms with Crippen LogP contribution in [0.5, 0.6) is 11.5 Å². The quantitative estimate of drug-likeness (QED) is 0.432. The van der Waals surface area contributed by atoms with Gasteiger partial charge in [-0.1, -0.05) is 0 Å². The van der Waals surface area contributed by atoms with Crippen LogP contribution in [0.1, 0.15) is 29.9 Å². The summed E-state index contributed by atoms with van der Waals surface area (Å²) >= 11 is 3.47. The molecule has 0 saturated heterocycles. The number of nitrogens with zero attached hydrogens (tertiary/aromatic N) is 4. The van der Waals surface area contributed by atoms with E-state index >= 15 is 0 Å². The highest BCUT2D eigenvalue weighted by Crippen LogP contribution is 2.45. The van der Waals surface area contributed by atoms with Gasteiger partial charge in [-0.25, -0.2) is 13.5 Å². The zero-order chi connectivity index (χ0) is 24.8. The second-order valence-electron chi connectivity index (χ2n) is 8.39. The van der Waals surface area contributed by atoms with Gasteiger partial charge in [0.1, 0.15) is 29.7 Å². The van der Waals surface area contributed by atoms with E-state index in [1.54, 1.807) is 32.4 Å². The average Bonchev–Trinajstić information content (AvgIpc) is 3.17. The summed E-state index contributed by atoms with van der Waals surface area (Å²) in [7, 11) is 4.82. The molecular weight excluding hydrogens is 510 g/mol. The van der Waals surface area contributed by atoms with Gasteiger partial charge in [0.25, 0.3) is 5.91 Å². The number of rotatable bonds is 5. The van der Waals surface area contributed by atoms with Crippen molar-refractivity contribution in [2.75, 3.05) is 21.2 Å². The lowest BCUT2D eigenvalue weighted by Gasteiger charge is -2.32. The van der Waals surface area contributed by atoms with E-state index in [0.717, 1.165) is 18.2 Å². The summed E-state index contributed by atoms with van der Waals surface area (Å²) in [4.78, 5) is 19.1. The molecule has 0 N–H and O–H groups in total. The third-order valence-electron chi connectivity index (χ3n) is 5.77. The van der Waals surface area contributed by atoms with Crippen molar-refractivity contribution in [2.24, 2.45) is 4.99 Å². The Labute approximate surface area is 204 Å². The number of ether oxygens (including phenoxy) is 2. The number of aliphatic imine (C=N–C) groups is 1. The zero-order valence-electron chi connectivity index (χ0n) is 19.3. The van der Waals surface area contributed by atoms with Gasteiger partial charge in [0.05, 0.1) is 28.5 Å². The highest BCUT2D eigenvalue weighted by atomic mass is 79.9. The first-order valence-corrected chi connectivity index (χ1v) is 11.2. The number of hydrogen-bond acceptors (Lipinski definition) is 5. The van der Waals surface area contributed by atoms with Gasteiger partial charge >= 0.3 is 0 Å². The first-order valence-electron chi connectivity index (χ1n) is 10.4. The monoisotopic (exact) mass is 532 g/mol. The smallest absolute Gasteiger partial charge is 0.275 e. The van der Waals surface area contributed by atoms with Crippen molar-refractivity contribution < 1.29 is 23.0 Å². The summed E-state index contributed by atoms with van der Waals surface area (Å²) < 4.78 is 41.6. The van der Waals surface area contributed by atoms with Crippen LogP contribution in [0.4, 0.5) is 8.78 Å². The SMILES string of the molecule is CN=CC(C)(C)N(C)C(=O)c1nn(-c2cc(F)cc(F)c2)c2c1COc1cc(OC)c(Br)cc1-2. The van der Waals surface area contributed by atoms with Gasteiger partial charge in [0, 0.05) is 43.6 Å². The summed E-state index contributed by atoms with van der Waals surface area (Å²) in [5.41, 5.74) is 1.19. The fourth-order valence-electron chi connectivity index (χ4n) is 3.85. The van der Waals surface area contributed by atoms with E-state index in [1.807, 2.05) is 13.8 Å². The molecule has 0 spiro atoms. The van der Waals surface area contributed by atoms with E-state index < -0.39 is 17.2 Å². The molecular formula is C24H23BrF2N4O3. The molecule has 3 aromatic rings. The number of benzene rings is 2. The molecule has 1 aliphatic heterocycles. The highest BCUT2D eigenvalue weighted by molar-refractivity contribution is 9.10. The Morgan fingerprint density at radius 1 is 1.26 bits per heavy atom. The molecule has 0 atom stereocenters. The van der Waals surface area contributed by atoms with Crippen molar-refractivity contribution in [3.8, 4) is 28.4 Å². The van der Waals surface area contributed by atoms with Crippen LogP contribution in [0, 0.1) is 11.6 Å². The largest absolute Gasteiger partial charge is 0.495 e. The first kappa shape index (κ1) is 23.9. The second-order valence-corrected chi connectivity index (χ2v) is 9.25. The van der Waals surface area contributed by atoms with Crippen LogP contribution in [0.15, 0.2) is 39.8 Å². The van der Waals surface area contributed by atoms with Crippen molar-refractivity contribution in [1.82, 2.24) is 14.7 Å². The van der Waals surface area contributed by atoms with Gasteiger partial charge < -0.3 is 14.4 Å². The number of carbonyl (C=O) groups is 1. The van der Waals surface area contributed by atoms with Crippen molar-refractivity contribution in [1.29, 1.82) is 0 Å². The van der Waals surface area contributed by atoms with Gasteiger partial charge in [-0.05, 0) is 48.0 Å². The van der Waals surface area contributed by atoms with Crippen molar-refractivity contribution in [3.05, 3.63) is 57.7 Å². The number of amides is 1. The Balaban J connectivity index is 1.97. The number of carbonyl (C=O) groups excluding carboxylic acids is 1. The lowest BCUT2D eigenvalue weighted by Crippen LogP contribution is -2.46. The Bertz CT molecular complexity index is 1300. The minimum absolute atomic E-state index is 0.0438. The van der Waals surface area contributed by atoms with E-state index in [4.69, 9.17) is 9.47 Å². The molecule has 0 aliphatic carbocycles. The maximum atomic E-state index is 14.1. The van der Waals surface area contributed by atoms with E-state index in [9.17, 15) is 13.6 Å². The highest BCUT2D eigenvalue weighted by Gasteiger charge is 2.35. The molecule has 34 heavy (non-hydrogen) atoms. The minimum atomic E-state index is -0.757. The topological polar surface area (TPSA) is 69.0 Å². The summed E-state index contributed by atoms with van der Waals surface area (Å²) in [6.07, 6.45) is 1.66. The lowest BCUT2D eigenvalue weighted by molar-refractivity contribution is 0.0705. The molecule has 0 saturated carbocycles. The van der Waals surface area contributed by atoms with Gasteiger partial charge in [0.15, 0.2) is 5.69 Å². The molecule has 2 heterocycles. The van der Waals surface area contributed by atoms with Crippen LogP contribution in [0.2, 0.25) is 0 Å². The maximum Gasteiger partial charge on any atom is 0.275 e. The minimum Gasteiger partial charge on any atom is -0.495 e. The Hall–Kier alpha value is -3.27. The van der Waals surface area contributed by atoms with Crippen LogP contribution >= 0.6 is 15.9 Å².